The van der Waals surface area contributed by atoms with Crippen LogP contribution in [0, 0.1) is 0 Å². The number of nitrogens with zero attached hydrogens (tertiary/aromatic N) is 5. The minimum absolute atomic E-state index is 0.637. The molecule has 0 spiro atoms. The molecule has 0 amide bonds. The second-order valence-corrected chi connectivity index (χ2v) is 14.8. The van der Waals surface area contributed by atoms with Gasteiger partial charge in [0.2, 0.25) is 0 Å². The highest BCUT2D eigenvalue weighted by molar-refractivity contribution is 5.85. The fraction of sp³-hybridized carbons (Fsp3) is 0.0179. The summed E-state index contributed by atoms with van der Waals surface area (Å²) < 4.78 is 0. The van der Waals surface area contributed by atoms with E-state index in [-0.39, 0.29) is 0 Å². The first-order valence-electron chi connectivity index (χ1n) is 20.2. The van der Waals surface area contributed by atoms with Gasteiger partial charge in [0, 0.05) is 59.4 Å². The van der Waals surface area contributed by atoms with E-state index in [1.807, 2.05) is 48.8 Å². The molecular weight excluding hydrogens is 743 g/mol. The molecule has 5 heteroatoms. The molecule has 0 bridgehead atoms. The number of benzene rings is 5. The minimum Gasteiger partial charge on any atom is -0.265 e. The number of pyridine rings is 3. The Hall–Kier alpha value is -8.15. The van der Waals surface area contributed by atoms with E-state index in [9.17, 15) is 0 Å². The van der Waals surface area contributed by atoms with Crippen molar-refractivity contribution in [1.82, 2.24) is 24.9 Å². The number of allylic oxidation sites excluding steroid dienone is 5. The lowest BCUT2D eigenvalue weighted by Crippen LogP contribution is -1.98. The van der Waals surface area contributed by atoms with Gasteiger partial charge in [-0.05, 0) is 129 Å². The van der Waals surface area contributed by atoms with Gasteiger partial charge in [-0.1, -0.05) is 128 Å². The van der Waals surface area contributed by atoms with E-state index in [1.165, 1.54) is 5.56 Å². The molecule has 9 aromatic rings. The third-order valence-electron chi connectivity index (χ3n) is 10.7. The molecule has 0 aliphatic carbocycles. The summed E-state index contributed by atoms with van der Waals surface area (Å²) in [7, 11) is 0. The Morgan fingerprint density at radius 2 is 0.869 bits per heavy atom. The van der Waals surface area contributed by atoms with E-state index in [0.717, 1.165) is 89.3 Å². The standard InChI is InChI=1S/C56H41N5/c1-3-40(43-25-29-57-30-26-43)20-19-39(2)56-60-54(44-23-21-42(22-24-44)41-11-5-4-6-12-41)36-55(61-56)53-34-51(47-15-7-13-45(31-47)49-17-9-27-58-37-49)33-52(35-53)48-16-8-14-46(32-48)50-18-10-28-59-38-50/h3-38H,1H2,2H3/b39-19+,40-20+. The van der Waals surface area contributed by atoms with Gasteiger partial charge < -0.3 is 0 Å². The first kappa shape index (κ1) is 38.4. The van der Waals surface area contributed by atoms with Crippen molar-refractivity contribution >= 4 is 11.1 Å². The van der Waals surface area contributed by atoms with Crippen molar-refractivity contribution in [2.45, 2.75) is 6.92 Å². The maximum atomic E-state index is 5.31. The zero-order chi connectivity index (χ0) is 41.4. The Bertz CT molecular complexity index is 2910. The smallest absolute Gasteiger partial charge is 0.156 e. The second-order valence-electron chi connectivity index (χ2n) is 14.8. The van der Waals surface area contributed by atoms with Crippen LogP contribution < -0.4 is 0 Å². The van der Waals surface area contributed by atoms with Crippen LogP contribution in [0.4, 0.5) is 0 Å². The summed E-state index contributed by atoms with van der Waals surface area (Å²) in [4.78, 5) is 23.5. The van der Waals surface area contributed by atoms with Gasteiger partial charge in [-0.2, -0.15) is 0 Å². The first-order chi connectivity index (χ1) is 30.1. The highest BCUT2D eigenvalue weighted by atomic mass is 14.9. The zero-order valence-corrected chi connectivity index (χ0v) is 33.7. The molecule has 5 aromatic carbocycles. The summed E-state index contributed by atoms with van der Waals surface area (Å²) in [6.45, 7) is 6.14. The summed E-state index contributed by atoms with van der Waals surface area (Å²) >= 11 is 0. The monoisotopic (exact) mass is 783 g/mol. The van der Waals surface area contributed by atoms with Crippen LogP contribution in [-0.4, -0.2) is 24.9 Å². The van der Waals surface area contributed by atoms with Gasteiger partial charge in [0.1, 0.15) is 0 Å². The second kappa shape index (κ2) is 17.8. The average molecular weight is 784 g/mol. The highest BCUT2D eigenvalue weighted by Crippen LogP contribution is 2.37. The van der Waals surface area contributed by atoms with Gasteiger partial charge in [0.15, 0.2) is 5.82 Å². The molecule has 0 aliphatic heterocycles. The van der Waals surface area contributed by atoms with Gasteiger partial charge in [0.05, 0.1) is 11.4 Å². The molecule has 4 heterocycles. The molecule has 0 aliphatic rings. The summed E-state index contributed by atoms with van der Waals surface area (Å²) in [5.41, 5.74) is 17.5. The lowest BCUT2D eigenvalue weighted by atomic mass is 9.92. The first-order valence-corrected chi connectivity index (χ1v) is 20.2. The van der Waals surface area contributed by atoms with Crippen LogP contribution >= 0.6 is 0 Å². The van der Waals surface area contributed by atoms with Crippen molar-refractivity contribution in [2.24, 2.45) is 0 Å². The molecular formula is C56H41N5. The predicted octanol–water partition coefficient (Wildman–Crippen LogP) is 14.0. The van der Waals surface area contributed by atoms with Crippen molar-refractivity contribution in [1.29, 1.82) is 0 Å². The Morgan fingerprint density at radius 1 is 0.393 bits per heavy atom. The van der Waals surface area contributed by atoms with E-state index in [4.69, 9.17) is 9.97 Å². The van der Waals surface area contributed by atoms with E-state index in [2.05, 4.69) is 174 Å². The van der Waals surface area contributed by atoms with Crippen LogP contribution in [0.5, 0.6) is 0 Å². The maximum Gasteiger partial charge on any atom is 0.156 e. The molecule has 0 fully saturated rings. The topological polar surface area (TPSA) is 64.5 Å². The molecule has 0 atom stereocenters. The van der Waals surface area contributed by atoms with Gasteiger partial charge >= 0.3 is 0 Å². The Kier molecular flexibility index (Phi) is 11.2. The SMILES string of the molecule is C=C/C(=C\C=C(/C)c1nc(-c2ccc(-c3ccccc3)cc2)cc(-c2cc(-c3cccc(-c4cccnc4)c3)cc(-c3cccc(-c4cccnc4)c3)c2)n1)c1ccncc1. The Morgan fingerprint density at radius 3 is 1.43 bits per heavy atom. The van der Waals surface area contributed by atoms with Gasteiger partial charge in [-0.15, -0.1) is 0 Å². The zero-order valence-electron chi connectivity index (χ0n) is 33.7. The molecule has 9 rings (SSSR count). The summed E-state index contributed by atoms with van der Waals surface area (Å²) in [5.74, 6) is 0.637. The fourth-order valence-electron chi connectivity index (χ4n) is 7.43. The third-order valence-corrected chi connectivity index (χ3v) is 10.7. The molecule has 0 saturated carbocycles. The molecule has 0 radical (unpaired) electrons. The molecule has 0 N–H and O–H groups in total. The molecule has 4 aromatic heterocycles. The van der Waals surface area contributed by atoms with Crippen LogP contribution in [0.3, 0.4) is 0 Å². The maximum absolute atomic E-state index is 5.31. The lowest BCUT2D eigenvalue weighted by Gasteiger charge is -2.14. The number of hydrogen-bond acceptors (Lipinski definition) is 5. The lowest BCUT2D eigenvalue weighted by molar-refractivity contribution is 1.12. The summed E-state index contributed by atoms with van der Waals surface area (Å²) in [6.07, 6.45) is 17.0. The van der Waals surface area contributed by atoms with Crippen molar-refractivity contribution < 1.29 is 0 Å². The summed E-state index contributed by atoms with van der Waals surface area (Å²) in [6, 6.07) is 57.3. The molecule has 290 valence electrons. The Balaban J connectivity index is 1.21. The van der Waals surface area contributed by atoms with E-state index in [0.29, 0.717) is 5.82 Å². The molecule has 5 nitrogen and oxygen atoms in total. The van der Waals surface area contributed by atoms with Crippen LogP contribution in [0.25, 0.3) is 89.3 Å². The molecule has 61 heavy (non-hydrogen) atoms. The van der Waals surface area contributed by atoms with Crippen molar-refractivity contribution in [2.75, 3.05) is 0 Å². The number of aromatic nitrogens is 5. The summed E-state index contributed by atoms with van der Waals surface area (Å²) in [5, 5.41) is 0. The van der Waals surface area contributed by atoms with Crippen LogP contribution in [-0.2, 0) is 0 Å². The normalized spacial score (nSPS) is 11.6. The Labute approximate surface area is 356 Å². The van der Waals surface area contributed by atoms with E-state index < -0.39 is 0 Å². The van der Waals surface area contributed by atoms with Crippen molar-refractivity contribution in [3.05, 3.63) is 237 Å². The van der Waals surface area contributed by atoms with Crippen molar-refractivity contribution in [3.63, 3.8) is 0 Å². The van der Waals surface area contributed by atoms with Gasteiger partial charge in [-0.25, -0.2) is 9.97 Å². The van der Waals surface area contributed by atoms with E-state index in [1.54, 1.807) is 24.8 Å². The number of hydrogen-bond donors (Lipinski definition) is 0. The largest absolute Gasteiger partial charge is 0.265 e. The molecule has 0 saturated heterocycles. The fourth-order valence-corrected chi connectivity index (χ4v) is 7.43. The highest BCUT2D eigenvalue weighted by Gasteiger charge is 2.15. The van der Waals surface area contributed by atoms with Crippen molar-refractivity contribution in [3.8, 4) is 78.1 Å². The van der Waals surface area contributed by atoms with Crippen LogP contribution in [0.2, 0.25) is 0 Å². The third kappa shape index (κ3) is 8.82. The van der Waals surface area contributed by atoms with Crippen LogP contribution in [0.1, 0.15) is 18.3 Å². The van der Waals surface area contributed by atoms with Gasteiger partial charge in [-0.3, -0.25) is 15.0 Å². The van der Waals surface area contributed by atoms with E-state index >= 15 is 0 Å². The quantitative estimate of drug-likeness (QED) is 0.122. The van der Waals surface area contributed by atoms with Gasteiger partial charge in [0.25, 0.3) is 0 Å². The number of rotatable bonds is 11. The predicted molar refractivity (Wildman–Crippen MR) is 252 cm³/mol. The van der Waals surface area contributed by atoms with Crippen LogP contribution in [0.15, 0.2) is 226 Å². The minimum atomic E-state index is 0.637. The molecule has 0 unspecified atom stereocenters. The average Bonchev–Trinajstić information content (AvgIpc) is 3.35.